The number of hydrogen-bond donors (Lipinski definition) is 1. The molecule has 3 rings (SSSR count). The fraction of sp³-hybridized carbons (Fsp3) is 0.400. The van der Waals surface area contributed by atoms with Gasteiger partial charge in [0.15, 0.2) is 5.76 Å². The maximum absolute atomic E-state index is 10.2. The first-order valence-electron chi connectivity index (χ1n) is 6.68. The summed E-state index contributed by atoms with van der Waals surface area (Å²) in [6.07, 6.45) is 1.42. The first-order valence-corrected chi connectivity index (χ1v) is 6.68. The fourth-order valence-electron chi connectivity index (χ4n) is 2.65. The van der Waals surface area contributed by atoms with Gasteiger partial charge in [-0.2, -0.15) is 0 Å². The summed E-state index contributed by atoms with van der Waals surface area (Å²) in [7, 11) is 0. The number of rotatable bonds is 2. The zero-order valence-corrected chi connectivity index (χ0v) is 11.0. The van der Waals surface area contributed by atoms with Gasteiger partial charge in [0, 0.05) is 23.9 Å². The summed E-state index contributed by atoms with van der Waals surface area (Å²) < 4.78 is 5.30. The van der Waals surface area contributed by atoms with E-state index in [2.05, 4.69) is 16.1 Å². The number of para-hydroxylation sites is 1. The third-order valence-electron chi connectivity index (χ3n) is 3.57. The Bertz CT molecular complexity index is 565. The van der Waals surface area contributed by atoms with Crippen LogP contribution in [0, 0.1) is 6.92 Å². The molecule has 0 aliphatic carbocycles. The average molecular weight is 258 g/mol. The number of aliphatic hydroxyl groups is 1. The van der Waals surface area contributed by atoms with Gasteiger partial charge in [0.05, 0.1) is 18.3 Å². The van der Waals surface area contributed by atoms with Crippen LogP contribution in [0.1, 0.15) is 36.0 Å². The van der Waals surface area contributed by atoms with Crippen LogP contribution in [0.15, 0.2) is 34.9 Å². The molecule has 0 bridgehead atoms. The predicted molar refractivity (Wildman–Crippen MR) is 72.9 cm³/mol. The number of anilines is 1. The van der Waals surface area contributed by atoms with Gasteiger partial charge in [0.25, 0.3) is 0 Å². The van der Waals surface area contributed by atoms with Crippen molar-refractivity contribution >= 4 is 5.69 Å². The molecule has 0 saturated carbocycles. The van der Waals surface area contributed by atoms with Crippen LogP contribution >= 0.6 is 0 Å². The van der Waals surface area contributed by atoms with Crippen LogP contribution in [0.5, 0.6) is 0 Å². The van der Waals surface area contributed by atoms with Gasteiger partial charge < -0.3 is 14.5 Å². The summed E-state index contributed by atoms with van der Waals surface area (Å²) in [6.45, 7) is 3.55. The number of aryl methyl sites for hydroxylation is 1. The van der Waals surface area contributed by atoms with Gasteiger partial charge in [-0.1, -0.05) is 23.4 Å². The zero-order valence-electron chi connectivity index (χ0n) is 11.0. The lowest BCUT2D eigenvalue weighted by Crippen LogP contribution is -2.23. The van der Waals surface area contributed by atoms with Crippen molar-refractivity contribution in [2.75, 3.05) is 11.4 Å². The molecule has 0 fully saturated rings. The van der Waals surface area contributed by atoms with Gasteiger partial charge in [-0.25, -0.2) is 0 Å². The maximum atomic E-state index is 10.2. The van der Waals surface area contributed by atoms with Gasteiger partial charge >= 0.3 is 0 Å². The molecule has 100 valence electrons. The van der Waals surface area contributed by atoms with Crippen molar-refractivity contribution in [1.82, 2.24) is 5.16 Å². The van der Waals surface area contributed by atoms with Crippen molar-refractivity contribution in [3.05, 3.63) is 47.3 Å². The highest BCUT2D eigenvalue weighted by Gasteiger charge is 2.21. The summed E-state index contributed by atoms with van der Waals surface area (Å²) >= 11 is 0. The van der Waals surface area contributed by atoms with Crippen molar-refractivity contribution in [3.8, 4) is 0 Å². The fourth-order valence-corrected chi connectivity index (χ4v) is 2.65. The van der Waals surface area contributed by atoms with Crippen LogP contribution in [0.3, 0.4) is 0 Å². The Balaban J connectivity index is 1.91. The van der Waals surface area contributed by atoms with Crippen molar-refractivity contribution in [2.45, 2.75) is 32.4 Å². The topological polar surface area (TPSA) is 49.5 Å². The van der Waals surface area contributed by atoms with Crippen LogP contribution in [-0.4, -0.2) is 16.8 Å². The van der Waals surface area contributed by atoms with Gasteiger partial charge in [0.1, 0.15) is 0 Å². The average Bonchev–Trinajstić information content (AvgIpc) is 2.75. The molecule has 1 atom stereocenters. The lowest BCUT2D eigenvalue weighted by molar-refractivity contribution is 0.168. The van der Waals surface area contributed by atoms with Crippen LogP contribution in [0.4, 0.5) is 5.69 Å². The van der Waals surface area contributed by atoms with Crippen molar-refractivity contribution in [1.29, 1.82) is 0 Å². The van der Waals surface area contributed by atoms with Gasteiger partial charge in [-0.3, -0.25) is 0 Å². The Labute approximate surface area is 112 Å². The highest BCUT2D eigenvalue weighted by molar-refractivity contribution is 5.55. The molecule has 19 heavy (non-hydrogen) atoms. The van der Waals surface area contributed by atoms with E-state index in [0.29, 0.717) is 6.54 Å². The zero-order chi connectivity index (χ0) is 13.2. The largest absolute Gasteiger partial charge is 0.388 e. The van der Waals surface area contributed by atoms with E-state index in [-0.39, 0.29) is 6.10 Å². The molecule has 2 aromatic rings. The Morgan fingerprint density at radius 3 is 3.05 bits per heavy atom. The Morgan fingerprint density at radius 2 is 2.26 bits per heavy atom. The van der Waals surface area contributed by atoms with Crippen molar-refractivity contribution in [3.63, 3.8) is 0 Å². The highest BCUT2D eigenvalue weighted by atomic mass is 16.5. The number of fused-ring (bicyclic) bond motifs is 1. The van der Waals surface area contributed by atoms with Crippen LogP contribution in [-0.2, 0) is 6.54 Å². The Morgan fingerprint density at radius 1 is 1.42 bits per heavy atom. The molecule has 1 aliphatic rings. The minimum Gasteiger partial charge on any atom is -0.388 e. The standard InChI is InChI=1S/C15H18N2O2/c1-11-9-12(19-16-11)10-17-8-4-7-15(18)13-5-2-3-6-14(13)17/h2-3,5-6,9,15,18H,4,7-8,10H2,1H3. The first-order chi connectivity index (χ1) is 9.24. The third kappa shape index (κ3) is 2.49. The van der Waals surface area contributed by atoms with E-state index in [1.54, 1.807) is 0 Å². The van der Waals surface area contributed by atoms with Crippen molar-refractivity contribution < 1.29 is 9.63 Å². The first kappa shape index (κ1) is 12.2. The third-order valence-corrected chi connectivity index (χ3v) is 3.57. The highest BCUT2D eigenvalue weighted by Crippen LogP contribution is 2.33. The van der Waals surface area contributed by atoms with Gasteiger partial charge in [-0.15, -0.1) is 0 Å². The van der Waals surface area contributed by atoms with Gasteiger partial charge in [0.2, 0.25) is 0 Å². The Hall–Kier alpha value is -1.81. The number of aromatic nitrogens is 1. The second-order valence-corrected chi connectivity index (χ2v) is 5.07. The van der Waals surface area contributed by atoms with E-state index in [0.717, 1.165) is 42.1 Å². The quantitative estimate of drug-likeness (QED) is 0.900. The normalized spacial score (nSPS) is 19.1. The molecule has 1 aliphatic heterocycles. The summed E-state index contributed by atoms with van der Waals surface area (Å²) in [6, 6.07) is 10.0. The molecule has 4 nitrogen and oxygen atoms in total. The molecule has 0 amide bonds. The molecule has 1 N–H and O–H groups in total. The van der Waals surface area contributed by atoms with Crippen LogP contribution < -0.4 is 4.90 Å². The summed E-state index contributed by atoms with van der Waals surface area (Å²) in [5.41, 5.74) is 3.01. The predicted octanol–water partition coefficient (Wildman–Crippen LogP) is 2.82. The SMILES string of the molecule is Cc1cc(CN2CCCC(O)c3ccccc32)on1. The number of aliphatic hydroxyl groups excluding tert-OH is 1. The lowest BCUT2D eigenvalue weighted by atomic mass is 10.0. The molecular weight excluding hydrogens is 240 g/mol. The monoisotopic (exact) mass is 258 g/mol. The van der Waals surface area contributed by atoms with E-state index in [1.165, 1.54) is 0 Å². The number of hydrogen-bond acceptors (Lipinski definition) is 4. The van der Waals surface area contributed by atoms with Gasteiger partial charge in [-0.05, 0) is 25.8 Å². The smallest absolute Gasteiger partial charge is 0.156 e. The molecule has 0 spiro atoms. The number of nitrogens with zero attached hydrogens (tertiary/aromatic N) is 2. The number of benzene rings is 1. The van der Waals surface area contributed by atoms with Crippen molar-refractivity contribution in [2.24, 2.45) is 0 Å². The van der Waals surface area contributed by atoms with Crippen LogP contribution in [0.2, 0.25) is 0 Å². The second-order valence-electron chi connectivity index (χ2n) is 5.07. The maximum Gasteiger partial charge on any atom is 0.156 e. The summed E-state index contributed by atoms with van der Waals surface area (Å²) in [5, 5.41) is 14.1. The molecule has 1 aromatic heterocycles. The van der Waals surface area contributed by atoms with Crippen LogP contribution in [0.25, 0.3) is 0 Å². The van der Waals surface area contributed by atoms with E-state index in [9.17, 15) is 5.11 Å². The molecule has 1 aromatic carbocycles. The molecule has 4 heteroatoms. The van der Waals surface area contributed by atoms with E-state index < -0.39 is 0 Å². The molecular formula is C15H18N2O2. The summed E-state index contributed by atoms with van der Waals surface area (Å²) in [5.74, 6) is 0.865. The summed E-state index contributed by atoms with van der Waals surface area (Å²) in [4.78, 5) is 2.26. The molecule has 0 saturated heterocycles. The minimum absolute atomic E-state index is 0.363. The Kier molecular flexibility index (Phi) is 3.25. The lowest BCUT2D eigenvalue weighted by Gasteiger charge is -2.23. The minimum atomic E-state index is -0.363. The second kappa shape index (κ2) is 5.05. The van der Waals surface area contributed by atoms with E-state index in [4.69, 9.17) is 4.52 Å². The molecule has 2 heterocycles. The van der Waals surface area contributed by atoms with E-state index in [1.807, 2.05) is 31.2 Å². The molecule has 1 unspecified atom stereocenters. The van der Waals surface area contributed by atoms with E-state index >= 15 is 0 Å². The molecule has 0 radical (unpaired) electrons.